The van der Waals surface area contributed by atoms with Crippen LogP contribution < -0.4 is 11.5 Å². The summed E-state index contributed by atoms with van der Waals surface area (Å²) in [7, 11) is 0. The molecule has 18 heavy (non-hydrogen) atoms. The molecule has 6 heteroatoms. The van der Waals surface area contributed by atoms with E-state index in [1.807, 2.05) is 28.8 Å². The Morgan fingerprint density at radius 2 is 2.06 bits per heavy atom. The molecule has 1 aromatic carbocycles. The van der Waals surface area contributed by atoms with Crippen molar-refractivity contribution in [1.29, 1.82) is 0 Å². The number of nitrogens with zero attached hydrogens (tertiary/aromatic N) is 2. The Kier molecular flexibility index (Phi) is 3.57. The molecule has 94 valence electrons. The third kappa shape index (κ3) is 2.65. The van der Waals surface area contributed by atoms with Crippen LogP contribution in [-0.2, 0) is 17.8 Å². The smallest absolute Gasteiger partial charge is 0.219 e. The number of primary amides is 1. The van der Waals surface area contributed by atoms with E-state index in [-0.39, 0.29) is 12.3 Å². The SMILES string of the molecule is NC(=O)CCn1c(CC(N)=S)nc2ccccc21. The van der Waals surface area contributed by atoms with E-state index in [9.17, 15) is 4.79 Å². The number of rotatable bonds is 5. The van der Waals surface area contributed by atoms with E-state index >= 15 is 0 Å². The van der Waals surface area contributed by atoms with Crippen molar-refractivity contribution in [3.8, 4) is 0 Å². The summed E-state index contributed by atoms with van der Waals surface area (Å²) < 4.78 is 1.94. The van der Waals surface area contributed by atoms with Crippen LogP contribution in [-0.4, -0.2) is 20.4 Å². The van der Waals surface area contributed by atoms with E-state index in [4.69, 9.17) is 23.7 Å². The second kappa shape index (κ2) is 5.14. The second-order valence-corrected chi connectivity index (χ2v) is 4.55. The lowest BCUT2D eigenvalue weighted by molar-refractivity contribution is -0.118. The molecular formula is C12H14N4OS. The normalized spacial score (nSPS) is 10.7. The van der Waals surface area contributed by atoms with E-state index in [0.717, 1.165) is 16.9 Å². The molecule has 0 radical (unpaired) electrons. The van der Waals surface area contributed by atoms with E-state index in [1.54, 1.807) is 0 Å². The highest BCUT2D eigenvalue weighted by Crippen LogP contribution is 2.16. The van der Waals surface area contributed by atoms with Gasteiger partial charge in [-0.2, -0.15) is 0 Å². The summed E-state index contributed by atoms with van der Waals surface area (Å²) >= 11 is 4.91. The highest BCUT2D eigenvalue weighted by Gasteiger charge is 2.11. The topological polar surface area (TPSA) is 86.9 Å². The number of aromatic nitrogens is 2. The molecule has 2 aromatic rings. The number of imidazole rings is 1. The number of fused-ring (bicyclic) bond motifs is 1. The van der Waals surface area contributed by atoms with Crippen molar-refractivity contribution in [3.05, 3.63) is 30.1 Å². The molecule has 0 aliphatic heterocycles. The summed E-state index contributed by atoms with van der Waals surface area (Å²) in [4.78, 5) is 15.8. The number of para-hydroxylation sites is 2. The zero-order valence-electron chi connectivity index (χ0n) is 9.80. The Labute approximate surface area is 110 Å². The zero-order valence-corrected chi connectivity index (χ0v) is 10.6. The largest absolute Gasteiger partial charge is 0.393 e. The van der Waals surface area contributed by atoms with Gasteiger partial charge in [0.05, 0.1) is 22.4 Å². The van der Waals surface area contributed by atoms with Gasteiger partial charge in [0.2, 0.25) is 5.91 Å². The van der Waals surface area contributed by atoms with Crippen molar-refractivity contribution in [1.82, 2.24) is 9.55 Å². The standard InChI is InChI=1S/C12H14N4OS/c13-10(17)5-6-16-9-4-2-1-3-8(9)15-12(16)7-11(14)18/h1-4H,5-7H2,(H2,13,17)(H2,14,18). The van der Waals surface area contributed by atoms with Crippen molar-refractivity contribution in [2.45, 2.75) is 19.4 Å². The predicted molar refractivity (Wildman–Crippen MR) is 74.0 cm³/mol. The fraction of sp³-hybridized carbons (Fsp3) is 0.250. The monoisotopic (exact) mass is 262 g/mol. The fourth-order valence-electron chi connectivity index (χ4n) is 1.89. The van der Waals surface area contributed by atoms with E-state index in [0.29, 0.717) is 18.0 Å². The lowest BCUT2D eigenvalue weighted by Gasteiger charge is -2.07. The molecule has 2 rings (SSSR count). The fourth-order valence-corrected chi connectivity index (χ4v) is 2.02. The third-order valence-corrected chi connectivity index (χ3v) is 2.79. The van der Waals surface area contributed by atoms with Gasteiger partial charge < -0.3 is 16.0 Å². The van der Waals surface area contributed by atoms with Crippen LogP contribution in [0.25, 0.3) is 11.0 Å². The molecule has 0 aliphatic rings. The molecule has 1 amide bonds. The van der Waals surface area contributed by atoms with E-state index in [1.165, 1.54) is 0 Å². The average molecular weight is 262 g/mol. The first-order chi connectivity index (χ1) is 8.58. The number of thiocarbonyl (C=S) groups is 1. The molecule has 0 aliphatic carbocycles. The molecular weight excluding hydrogens is 248 g/mol. The van der Waals surface area contributed by atoms with Crippen LogP contribution in [0.3, 0.4) is 0 Å². The first-order valence-corrected chi connectivity index (χ1v) is 5.99. The van der Waals surface area contributed by atoms with Crippen LogP contribution in [0.15, 0.2) is 24.3 Å². The Hall–Kier alpha value is -1.95. The minimum atomic E-state index is -0.339. The summed E-state index contributed by atoms with van der Waals surface area (Å²) in [6, 6.07) is 7.71. The molecule has 1 aromatic heterocycles. The highest BCUT2D eigenvalue weighted by atomic mass is 32.1. The molecule has 0 unspecified atom stereocenters. The number of carbonyl (C=O) groups excluding carboxylic acids is 1. The molecule has 0 atom stereocenters. The summed E-state index contributed by atoms with van der Waals surface area (Å²) in [6.07, 6.45) is 0.688. The Bertz CT molecular complexity index is 605. The van der Waals surface area contributed by atoms with E-state index < -0.39 is 0 Å². The van der Waals surface area contributed by atoms with Crippen LogP contribution in [0.2, 0.25) is 0 Å². The van der Waals surface area contributed by atoms with Crippen molar-refractivity contribution in [2.75, 3.05) is 0 Å². The Morgan fingerprint density at radius 1 is 1.33 bits per heavy atom. The molecule has 0 saturated heterocycles. The molecule has 0 saturated carbocycles. The van der Waals surface area contributed by atoms with Crippen molar-refractivity contribution in [2.24, 2.45) is 11.5 Å². The Balaban J connectivity index is 2.43. The quantitative estimate of drug-likeness (QED) is 0.778. The third-order valence-electron chi connectivity index (χ3n) is 2.65. The zero-order chi connectivity index (χ0) is 13.1. The molecule has 0 spiro atoms. The van der Waals surface area contributed by atoms with Gasteiger partial charge in [0.25, 0.3) is 0 Å². The summed E-state index contributed by atoms with van der Waals surface area (Å²) in [6.45, 7) is 0.494. The van der Waals surface area contributed by atoms with Gasteiger partial charge in [-0.3, -0.25) is 4.79 Å². The first kappa shape index (κ1) is 12.5. The number of carbonyl (C=O) groups is 1. The number of hydrogen-bond acceptors (Lipinski definition) is 3. The van der Waals surface area contributed by atoms with Gasteiger partial charge in [0.1, 0.15) is 5.82 Å². The molecule has 0 bridgehead atoms. The highest BCUT2D eigenvalue weighted by molar-refractivity contribution is 7.80. The molecule has 4 N–H and O–H groups in total. The molecule has 1 heterocycles. The van der Waals surface area contributed by atoms with Gasteiger partial charge in [-0.05, 0) is 12.1 Å². The minimum Gasteiger partial charge on any atom is -0.393 e. The average Bonchev–Trinajstić information content (AvgIpc) is 2.62. The van der Waals surface area contributed by atoms with Gasteiger partial charge in [0.15, 0.2) is 0 Å². The maximum Gasteiger partial charge on any atom is 0.219 e. The van der Waals surface area contributed by atoms with Crippen LogP contribution >= 0.6 is 12.2 Å². The van der Waals surface area contributed by atoms with Crippen LogP contribution in [0.4, 0.5) is 0 Å². The summed E-state index contributed by atoms with van der Waals surface area (Å²) in [5.41, 5.74) is 12.6. The number of aryl methyl sites for hydroxylation is 1. The number of hydrogen-bond donors (Lipinski definition) is 2. The Morgan fingerprint density at radius 3 is 2.72 bits per heavy atom. The van der Waals surface area contributed by atoms with Gasteiger partial charge in [-0.1, -0.05) is 24.4 Å². The first-order valence-electron chi connectivity index (χ1n) is 5.58. The van der Waals surface area contributed by atoms with Crippen LogP contribution in [0, 0.1) is 0 Å². The van der Waals surface area contributed by atoms with Crippen molar-refractivity contribution >= 4 is 34.1 Å². The van der Waals surface area contributed by atoms with Crippen molar-refractivity contribution in [3.63, 3.8) is 0 Å². The number of nitrogens with two attached hydrogens (primary N) is 2. The van der Waals surface area contributed by atoms with Gasteiger partial charge in [-0.25, -0.2) is 4.98 Å². The second-order valence-electron chi connectivity index (χ2n) is 4.03. The maximum atomic E-state index is 10.9. The summed E-state index contributed by atoms with van der Waals surface area (Å²) in [5.74, 6) is 0.430. The summed E-state index contributed by atoms with van der Waals surface area (Å²) in [5, 5.41) is 0. The lowest BCUT2D eigenvalue weighted by Crippen LogP contribution is -2.18. The number of amides is 1. The van der Waals surface area contributed by atoms with Gasteiger partial charge in [-0.15, -0.1) is 0 Å². The maximum absolute atomic E-state index is 10.9. The van der Waals surface area contributed by atoms with E-state index in [2.05, 4.69) is 4.98 Å². The van der Waals surface area contributed by atoms with Gasteiger partial charge in [0, 0.05) is 13.0 Å². The number of benzene rings is 1. The van der Waals surface area contributed by atoms with Crippen LogP contribution in [0.1, 0.15) is 12.2 Å². The minimum absolute atomic E-state index is 0.269. The van der Waals surface area contributed by atoms with Crippen LogP contribution in [0.5, 0.6) is 0 Å². The molecule has 0 fully saturated rings. The lowest BCUT2D eigenvalue weighted by atomic mass is 10.3. The predicted octanol–water partition coefficient (Wildman–Crippen LogP) is 0.740. The van der Waals surface area contributed by atoms with Crippen molar-refractivity contribution < 1.29 is 4.79 Å². The molecule has 5 nitrogen and oxygen atoms in total. The van der Waals surface area contributed by atoms with Gasteiger partial charge >= 0.3 is 0 Å².